The van der Waals surface area contributed by atoms with E-state index >= 15 is 0 Å². The Morgan fingerprint density at radius 2 is 2.11 bits per heavy atom. The largest absolute Gasteiger partial charge is 0.368 e. The number of carbonyl (C=O) groups excluding carboxylic acids is 1. The van der Waals surface area contributed by atoms with Crippen LogP contribution >= 0.6 is 0 Å². The van der Waals surface area contributed by atoms with Gasteiger partial charge in [-0.2, -0.15) is 0 Å². The summed E-state index contributed by atoms with van der Waals surface area (Å²) in [6.45, 7) is 7.97. The Morgan fingerprint density at radius 1 is 1.30 bits per heavy atom. The van der Waals surface area contributed by atoms with Crippen LogP contribution in [-0.4, -0.2) is 37.7 Å². The molecule has 2 unspecified atom stereocenters. The first-order valence-corrected chi connectivity index (χ1v) is 9.96. The first-order valence-electron chi connectivity index (χ1n) is 9.96. The summed E-state index contributed by atoms with van der Waals surface area (Å²) in [4.78, 5) is 16.5. The number of aliphatic imine (C=N–C) groups is 1. The van der Waals surface area contributed by atoms with Crippen molar-refractivity contribution in [1.82, 2.24) is 10.6 Å². The summed E-state index contributed by atoms with van der Waals surface area (Å²) in [6, 6.07) is 8.23. The van der Waals surface area contributed by atoms with Crippen molar-refractivity contribution in [1.29, 1.82) is 0 Å². The van der Waals surface area contributed by atoms with Gasteiger partial charge in [0.15, 0.2) is 5.96 Å². The fourth-order valence-corrected chi connectivity index (χ4v) is 3.04. The van der Waals surface area contributed by atoms with Crippen molar-refractivity contribution in [2.24, 2.45) is 10.9 Å². The quantitative estimate of drug-likeness (QED) is 0.482. The summed E-state index contributed by atoms with van der Waals surface area (Å²) in [7, 11) is 1.78. The van der Waals surface area contributed by atoms with Crippen LogP contribution in [0.5, 0.6) is 0 Å². The molecule has 0 aromatic heterocycles. The second kappa shape index (κ2) is 10.9. The Balaban J connectivity index is 1.82. The standard InChI is InChI=1S/C21H34N4O2/c1-15(2)10-11-16(3)24-21(22-4)23-14-17-7-5-8-18(13-17)25-20(26)19-9-6-12-27-19/h5,7-8,13,15-16,19H,6,9-12,14H2,1-4H3,(H,25,26)(H2,22,23,24). The number of anilines is 1. The number of ether oxygens (including phenoxy) is 1. The van der Waals surface area contributed by atoms with Crippen LogP contribution in [0.25, 0.3) is 0 Å². The molecule has 0 bridgehead atoms. The molecule has 2 rings (SSSR count). The molecule has 1 aromatic rings. The number of nitrogens with one attached hydrogen (secondary N) is 3. The number of hydrogen-bond donors (Lipinski definition) is 3. The summed E-state index contributed by atoms with van der Waals surface area (Å²) >= 11 is 0. The Hall–Kier alpha value is -2.08. The van der Waals surface area contributed by atoms with Crippen LogP contribution < -0.4 is 16.0 Å². The van der Waals surface area contributed by atoms with Crippen LogP contribution in [0.4, 0.5) is 5.69 Å². The second-order valence-corrected chi connectivity index (χ2v) is 7.63. The Bertz CT molecular complexity index is 624. The van der Waals surface area contributed by atoms with E-state index < -0.39 is 0 Å². The van der Waals surface area contributed by atoms with E-state index in [1.54, 1.807) is 7.05 Å². The topological polar surface area (TPSA) is 74.8 Å². The maximum Gasteiger partial charge on any atom is 0.253 e. The van der Waals surface area contributed by atoms with Crippen LogP contribution in [-0.2, 0) is 16.1 Å². The minimum Gasteiger partial charge on any atom is -0.368 e. The number of rotatable bonds is 8. The maximum atomic E-state index is 12.2. The molecule has 0 aliphatic carbocycles. The van der Waals surface area contributed by atoms with Gasteiger partial charge in [0.25, 0.3) is 5.91 Å². The number of guanidine groups is 1. The molecule has 1 amide bonds. The normalized spacial score (nSPS) is 18.4. The van der Waals surface area contributed by atoms with Crippen molar-refractivity contribution >= 4 is 17.6 Å². The molecule has 1 aliphatic rings. The molecular formula is C21H34N4O2. The van der Waals surface area contributed by atoms with E-state index in [0.29, 0.717) is 25.1 Å². The van der Waals surface area contributed by atoms with E-state index in [0.717, 1.165) is 36.5 Å². The van der Waals surface area contributed by atoms with Gasteiger partial charge in [0.1, 0.15) is 6.10 Å². The van der Waals surface area contributed by atoms with E-state index in [1.165, 1.54) is 6.42 Å². The maximum absolute atomic E-state index is 12.2. The average Bonchev–Trinajstić information content (AvgIpc) is 3.18. The predicted octanol–water partition coefficient (Wildman–Crippen LogP) is 3.29. The lowest BCUT2D eigenvalue weighted by molar-refractivity contribution is -0.124. The Morgan fingerprint density at radius 3 is 2.78 bits per heavy atom. The molecule has 150 valence electrons. The highest BCUT2D eigenvalue weighted by Crippen LogP contribution is 2.16. The number of nitrogens with zero attached hydrogens (tertiary/aromatic N) is 1. The van der Waals surface area contributed by atoms with Gasteiger partial charge >= 0.3 is 0 Å². The molecule has 1 fully saturated rings. The second-order valence-electron chi connectivity index (χ2n) is 7.63. The van der Waals surface area contributed by atoms with Gasteiger partial charge in [-0.25, -0.2) is 0 Å². The molecule has 0 spiro atoms. The lowest BCUT2D eigenvalue weighted by atomic mass is 10.0. The van der Waals surface area contributed by atoms with E-state index in [1.807, 2.05) is 24.3 Å². The van der Waals surface area contributed by atoms with Crippen molar-refractivity contribution in [3.8, 4) is 0 Å². The minimum absolute atomic E-state index is 0.0611. The molecule has 0 radical (unpaired) electrons. The van der Waals surface area contributed by atoms with Crippen LogP contribution in [0.15, 0.2) is 29.3 Å². The van der Waals surface area contributed by atoms with Gasteiger partial charge < -0.3 is 20.7 Å². The summed E-state index contributed by atoms with van der Waals surface area (Å²) in [6.07, 6.45) is 3.73. The first kappa shape index (κ1) is 21.2. The number of benzene rings is 1. The zero-order valence-corrected chi connectivity index (χ0v) is 17.0. The molecule has 27 heavy (non-hydrogen) atoms. The molecule has 1 aliphatic heterocycles. The van der Waals surface area contributed by atoms with Gasteiger partial charge in [0, 0.05) is 31.9 Å². The number of hydrogen-bond acceptors (Lipinski definition) is 3. The van der Waals surface area contributed by atoms with Crippen molar-refractivity contribution in [2.75, 3.05) is 19.0 Å². The van der Waals surface area contributed by atoms with E-state index in [2.05, 4.69) is 41.7 Å². The van der Waals surface area contributed by atoms with E-state index in [-0.39, 0.29) is 12.0 Å². The fourth-order valence-electron chi connectivity index (χ4n) is 3.04. The average molecular weight is 375 g/mol. The third kappa shape index (κ3) is 7.59. The minimum atomic E-state index is -0.317. The summed E-state index contributed by atoms with van der Waals surface area (Å²) in [5, 5.41) is 9.72. The van der Waals surface area contributed by atoms with E-state index in [9.17, 15) is 4.79 Å². The van der Waals surface area contributed by atoms with Crippen molar-refractivity contribution in [3.05, 3.63) is 29.8 Å². The fraction of sp³-hybridized carbons (Fsp3) is 0.619. The molecule has 3 N–H and O–H groups in total. The summed E-state index contributed by atoms with van der Waals surface area (Å²) in [5.74, 6) is 1.44. The van der Waals surface area contributed by atoms with Crippen molar-refractivity contribution < 1.29 is 9.53 Å². The molecular weight excluding hydrogens is 340 g/mol. The Labute approximate surface area is 163 Å². The number of carbonyl (C=O) groups is 1. The smallest absolute Gasteiger partial charge is 0.253 e. The van der Waals surface area contributed by atoms with Crippen LogP contribution in [0.1, 0.15) is 52.0 Å². The summed E-state index contributed by atoms with van der Waals surface area (Å²) in [5.41, 5.74) is 1.88. The third-order valence-corrected chi connectivity index (χ3v) is 4.66. The van der Waals surface area contributed by atoms with Gasteiger partial charge in [-0.1, -0.05) is 26.0 Å². The van der Waals surface area contributed by atoms with Gasteiger partial charge in [0.2, 0.25) is 0 Å². The highest BCUT2D eigenvalue weighted by molar-refractivity contribution is 5.94. The summed E-state index contributed by atoms with van der Waals surface area (Å²) < 4.78 is 5.43. The van der Waals surface area contributed by atoms with E-state index in [4.69, 9.17) is 4.74 Å². The number of amides is 1. The lowest BCUT2D eigenvalue weighted by Crippen LogP contribution is -2.41. The van der Waals surface area contributed by atoms with Gasteiger partial charge in [0.05, 0.1) is 0 Å². The predicted molar refractivity (Wildman–Crippen MR) is 111 cm³/mol. The monoisotopic (exact) mass is 374 g/mol. The molecule has 0 saturated carbocycles. The zero-order chi connectivity index (χ0) is 19.6. The van der Waals surface area contributed by atoms with Crippen LogP contribution in [0.2, 0.25) is 0 Å². The van der Waals surface area contributed by atoms with Gasteiger partial charge in [-0.05, 0) is 56.2 Å². The SMILES string of the molecule is CN=C(NCc1cccc(NC(=O)C2CCCO2)c1)NC(C)CCC(C)C. The molecule has 6 heteroatoms. The first-order chi connectivity index (χ1) is 13.0. The molecule has 1 aromatic carbocycles. The van der Waals surface area contributed by atoms with Crippen molar-refractivity contribution in [3.63, 3.8) is 0 Å². The van der Waals surface area contributed by atoms with Crippen LogP contribution in [0, 0.1) is 5.92 Å². The molecule has 2 atom stereocenters. The highest BCUT2D eigenvalue weighted by Gasteiger charge is 2.23. The van der Waals surface area contributed by atoms with Gasteiger partial charge in [-0.3, -0.25) is 9.79 Å². The van der Waals surface area contributed by atoms with Crippen LogP contribution in [0.3, 0.4) is 0 Å². The molecule has 6 nitrogen and oxygen atoms in total. The third-order valence-electron chi connectivity index (χ3n) is 4.66. The van der Waals surface area contributed by atoms with Crippen molar-refractivity contribution in [2.45, 2.75) is 65.1 Å². The lowest BCUT2D eigenvalue weighted by Gasteiger charge is -2.19. The molecule has 1 saturated heterocycles. The Kier molecular flexibility index (Phi) is 8.58. The molecule has 1 heterocycles. The highest BCUT2D eigenvalue weighted by atomic mass is 16.5. The van der Waals surface area contributed by atoms with Gasteiger partial charge in [-0.15, -0.1) is 0 Å². The zero-order valence-electron chi connectivity index (χ0n) is 17.0.